The average Bonchev–Trinajstić information content (AvgIpc) is 1.61. The molecular formula is C65H121N5O23. The number of esters is 1. The number of aryl methyl sites for hydroxylation is 1. The number of likely N-dealkylation sites (tertiary alicyclic amines) is 1. The number of benzene rings is 1. The molecule has 1 aromatic rings. The summed E-state index contributed by atoms with van der Waals surface area (Å²) in [5.41, 5.74) is 2.15. The highest BCUT2D eigenvalue weighted by Gasteiger charge is 2.37. The number of hydrogen-bond acceptors (Lipinski definition) is 24. The fraction of sp³-hybridized carbons (Fsp3) is 0.815. The van der Waals surface area contributed by atoms with Crippen LogP contribution in [0.4, 0.5) is 5.69 Å². The van der Waals surface area contributed by atoms with Crippen LogP contribution in [-0.4, -0.2) is 296 Å². The van der Waals surface area contributed by atoms with E-state index in [1.165, 1.54) is 6.92 Å². The van der Waals surface area contributed by atoms with Crippen molar-refractivity contribution in [2.75, 3.05) is 244 Å². The second kappa shape index (κ2) is 57.8. The topological polar surface area (TPSA) is 302 Å². The highest BCUT2D eigenvalue weighted by molar-refractivity contribution is 6.06. The molecule has 0 saturated carbocycles. The molecule has 1 aliphatic heterocycles. The fourth-order valence-electron chi connectivity index (χ4n) is 8.66. The van der Waals surface area contributed by atoms with Gasteiger partial charge in [-0.05, 0) is 68.3 Å². The monoisotopic (exact) mass is 1340 g/mol. The van der Waals surface area contributed by atoms with Gasteiger partial charge in [-0.2, -0.15) is 0 Å². The van der Waals surface area contributed by atoms with Crippen molar-refractivity contribution in [2.24, 2.45) is 17.8 Å². The highest BCUT2D eigenvalue weighted by atomic mass is 16.6. The predicted molar refractivity (Wildman–Crippen MR) is 350 cm³/mol. The largest absolute Gasteiger partial charge is 0.461 e. The molecule has 28 heteroatoms. The Morgan fingerprint density at radius 3 is 1.24 bits per heavy atom. The van der Waals surface area contributed by atoms with Crippen molar-refractivity contribution in [3.05, 3.63) is 29.3 Å². The lowest BCUT2D eigenvalue weighted by molar-refractivity contribution is -0.148. The number of methoxy groups -OCH3 is 2. The molecule has 1 saturated heterocycles. The summed E-state index contributed by atoms with van der Waals surface area (Å²) in [6.45, 7) is 26.5. The Hall–Kier alpha value is -4.44. The lowest BCUT2D eigenvalue weighted by Crippen LogP contribution is -2.55. The van der Waals surface area contributed by atoms with Gasteiger partial charge in [0.05, 0.1) is 191 Å². The van der Waals surface area contributed by atoms with Crippen molar-refractivity contribution >= 4 is 41.2 Å². The number of carbonyl (C=O) groups excluding carboxylic acids is 6. The van der Waals surface area contributed by atoms with Crippen LogP contribution < -0.4 is 16.0 Å². The van der Waals surface area contributed by atoms with E-state index in [4.69, 9.17) is 80.5 Å². The van der Waals surface area contributed by atoms with Gasteiger partial charge in [0.25, 0.3) is 0 Å². The molecule has 0 bridgehead atoms. The first-order chi connectivity index (χ1) is 45.2. The van der Waals surface area contributed by atoms with Gasteiger partial charge in [-0.1, -0.05) is 40.7 Å². The van der Waals surface area contributed by atoms with E-state index in [1.54, 1.807) is 54.9 Å². The van der Waals surface area contributed by atoms with Crippen molar-refractivity contribution in [1.29, 1.82) is 0 Å². The van der Waals surface area contributed by atoms with Gasteiger partial charge in [0.1, 0.15) is 25.2 Å². The average molecular weight is 1340 g/mol. The molecule has 0 spiro atoms. The number of hydrogen-bond donors (Lipinski definition) is 3. The van der Waals surface area contributed by atoms with Crippen molar-refractivity contribution in [1.82, 2.24) is 20.4 Å². The van der Waals surface area contributed by atoms with Gasteiger partial charge in [-0.3, -0.25) is 33.7 Å². The van der Waals surface area contributed by atoms with Crippen LogP contribution in [0.25, 0.3) is 0 Å². The van der Waals surface area contributed by atoms with Gasteiger partial charge in [0.15, 0.2) is 0 Å². The third-order valence-corrected chi connectivity index (χ3v) is 13.9. The molecule has 544 valence electrons. The normalized spacial score (nSPS) is 14.1. The molecule has 0 aromatic heterocycles. The molecule has 1 unspecified atom stereocenters. The second-order valence-electron chi connectivity index (χ2n) is 22.4. The first-order valence-corrected chi connectivity index (χ1v) is 33.0. The first kappa shape index (κ1) is 84.6. The molecule has 3 atom stereocenters. The Morgan fingerprint density at radius 2 is 0.882 bits per heavy atom. The highest BCUT2D eigenvalue weighted by Crippen LogP contribution is 2.21. The van der Waals surface area contributed by atoms with Gasteiger partial charge >= 0.3 is 5.97 Å². The standard InChI is InChI=1S/C65H115N5O23.3H2/c1-52(2)61(68-59(71)50-70-60(72)48-54(5)64(70)75)63(74)66-55(6)62(73)67-58-14-13-57(51-93-65(76)53(3)4)56(49-58)12-9-15-69(16-10-18-79-24-26-83-32-34-87-40-42-91-46-44-89-38-36-85-30-28-81-22-20-77-7)17-11-19-80-25-27-84-33-35-88-41-43-92-47-45-90-39-37-86-31-29-82-23-21-78-8;;;/h13-14,49,52-55,61H,9-12,15-48,50-51H2,1-8H3,(H,66,74)(H,67,73)(H,68,71);3*1H/t54?,55-,61-;;;/m0.../s1. The SMILES string of the molecule is COCCOCCOCCOCCOCCOCCOCCOCCCN(CCCOCCOCCOCCOCCOCCOCCOCCOC)CCCc1cc(NC(=O)[C@H](C)NC(=O)[C@@H](NC(=O)CN2C(=O)CC(C)C2=O)C(C)C)ccc1COC(=O)C(C)C.[HH].[HH].[HH]. The Kier molecular flexibility index (Phi) is 52.6. The summed E-state index contributed by atoms with van der Waals surface area (Å²) in [4.78, 5) is 80.6. The molecule has 3 N–H and O–H groups in total. The van der Waals surface area contributed by atoms with Crippen LogP contribution in [0.1, 0.15) is 82.6 Å². The zero-order valence-electron chi connectivity index (χ0n) is 57.2. The number of anilines is 1. The number of amides is 5. The molecule has 5 amide bonds. The maximum absolute atomic E-state index is 13.6. The molecule has 1 heterocycles. The molecular weight excluding hydrogens is 1220 g/mol. The third-order valence-electron chi connectivity index (χ3n) is 13.9. The summed E-state index contributed by atoms with van der Waals surface area (Å²) in [6.07, 6.45) is 2.92. The van der Waals surface area contributed by atoms with Gasteiger partial charge in [-0.15, -0.1) is 0 Å². The maximum Gasteiger partial charge on any atom is 0.308 e. The summed E-state index contributed by atoms with van der Waals surface area (Å²) >= 11 is 0. The molecule has 28 nitrogen and oxygen atoms in total. The van der Waals surface area contributed by atoms with E-state index in [2.05, 4.69) is 20.9 Å². The Balaban J connectivity index is 0. The van der Waals surface area contributed by atoms with E-state index in [9.17, 15) is 28.8 Å². The van der Waals surface area contributed by atoms with E-state index in [-0.39, 0.29) is 35.1 Å². The lowest BCUT2D eigenvalue weighted by Gasteiger charge is -2.25. The van der Waals surface area contributed by atoms with E-state index in [0.717, 1.165) is 54.9 Å². The lowest BCUT2D eigenvalue weighted by atomic mass is 10.0. The van der Waals surface area contributed by atoms with Crippen molar-refractivity contribution in [3.63, 3.8) is 0 Å². The summed E-state index contributed by atoms with van der Waals surface area (Å²) in [6, 6.07) is 3.34. The van der Waals surface area contributed by atoms with Gasteiger partial charge in [0, 0.05) is 62.8 Å². The molecule has 1 aliphatic rings. The van der Waals surface area contributed by atoms with Gasteiger partial charge in [-0.25, -0.2) is 0 Å². The van der Waals surface area contributed by atoms with Crippen molar-refractivity contribution in [2.45, 2.75) is 92.3 Å². The second-order valence-corrected chi connectivity index (χ2v) is 22.4. The van der Waals surface area contributed by atoms with Gasteiger partial charge < -0.3 is 101 Å². The molecule has 2 rings (SSSR count). The van der Waals surface area contributed by atoms with Crippen LogP contribution in [0.3, 0.4) is 0 Å². The van der Waals surface area contributed by atoms with E-state index >= 15 is 0 Å². The number of nitrogens with one attached hydrogen (secondary N) is 3. The fourth-order valence-corrected chi connectivity index (χ4v) is 8.66. The van der Waals surface area contributed by atoms with E-state index in [0.29, 0.717) is 210 Å². The van der Waals surface area contributed by atoms with Crippen LogP contribution in [0, 0.1) is 17.8 Å². The summed E-state index contributed by atoms with van der Waals surface area (Å²) in [5, 5.41) is 8.23. The summed E-state index contributed by atoms with van der Waals surface area (Å²) < 4.78 is 93.8. The number of carbonyl (C=O) groups is 6. The van der Waals surface area contributed by atoms with Crippen LogP contribution in [0.5, 0.6) is 0 Å². The van der Waals surface area contributed by atoms with E-state index < -0.39 is 54.1 Å². The van der Waals surface area contributed by atoms with Crippen molar-refractivity contribution in [3.8, 4) is 0 Å². The third kappa shape index (κ3) is 44.8. The summed E-state index contributed by atoms with van der Waals surface area (Å²) in [7, 11) is 3.27. The number of nitrogens with zero attached hydrogens (tertiary/aromatic N) is 2. The van der Waals surface area contributed by atoms with Crippen LogP contribution in [0.2, 0.25) is 0 Å². The Morgan fingerprint density at radius 1 is 0.505 bits per heavy atom. The van der Waals surface area contributed by atoms with Crippen LogP contribution in [0.15, 0.2) is 18.2 Å². The first-order valence-electron chi connectivity index (χ1n) is 33.0. The molecule has 93 heavy (non-hydrogen) atoms. The van der Waals surface area contributed by atoms with Crippen LogP contribution in [-0.2, 0) is 122 Å². The quantitative estimate of drug-likeness (QED) is 0.0476. The van der Waals surface area contributed by atoms with Gasteiger partial charge in [0.2, 0.25) is 29.5 Å². The number of ether oxygens (including phenoxy) is 17. The zero-order valence-corrected chi connectivity index (χ0v) is 57.2. The predicted octanol–water partition coefficient (Wildman–Crippen LogP) is 3.64. The summed E-state index contributed by atoms with van der Waals surface area (Å²) in [5.74, 6) is -4.20. The zero-order chi connectivity index (χ0) is 67.8. The molecule has 1 aromatic carbocycles. The Labute approximate surface area is 556 Å². The van der Waals surface area contributed by atoms with Crippen LogP contribution >= 0.6 is 0 Å². The van der Waals surface area contributed by atoms with E-state index in [1.807, 2.05) is 12.1 Å². The molecule has 0 radical (unpaired) electrons. The smallest absolute Gasteiger partial charge is 0.308 e. The number of imide groups is 1. The minimum Gasteiger partial charge on any atom is -0.461 e. The van der Waals surface area contributed by atoms with Crippen molar-refractivity contribution < 1.29 is 114 Å². The number of rotatable bonds is 65. The minimum atomic E-state index is -1.04. The maximum atomic E-state index is 13.6. The Bertz CT molecular complexity index is 2050. The molecule has 1 fully saturated rings. The minimum absolute atomic E-state index is 0. The molecule has 0 aliphatic carbocycles.